The number of likely N-dealkylation sites (tertiary alicyclic amines) is 1. The second kappa shape index (κ2) is 3.75. The number of aliphatic carboxylic acids is 1. The van der Waals surface area contributed by atoms with Crippen LogP contribution in [0.1, 0.15) is 19.3 Å². The number of carbonyl (C=O) groups is 1. The minimum atomic E-state index is -0.683. The number of hydrogen-bond acceptors (Lipinski definition) is 2. The molecule has 2 rings (SSSR count). The van der Waals surface area contributed by atoms with Crippen LogP contribution in [-0.4, -0.2) is 35.1 Å². The van der Waals surface area contributed by atoms with Crippen LogP contribution in [0.3, 0.4) is 0 Å². The van der Waals surface area contributed by atoms with Crippen LogP contribution in [0.4, 0.5) is 0 Å². The molecule has 2 unspecified atom stereocenters. The van der Waals surface area contributed by atoms with Crippen molar-refractivity contribution >= 4 is 23.0 Å². The van der Waals surface area contributed by atoms with Crippen molar-refractivity contribution < 1.29 is 9.90 Å². The van der Waals surface area contributed by atoms with Crippen LogP contribution in [0.25, 0.3) is 0 Å². The van der Waals surface area contributed by atoms with Crippen molar-refractivity contribution in [1.29, 1.82) is 0 Å². The van der Waals surface area contributed by atoms with Crippen molar-refractivity contribution in [3.63, 3.8) is 0 Å². The number of rotatable bonds is 2. The average molecular weight is 236 g/mol. The zero-order valence-corrected chi connectivity index (χ0v) is 8.61. The summed E-state index contributed by atoms with van der Waals surface area (Å²) in [6, 6.07) is 0.594. The lowest BCUT2D eigenvalue weighted by molar-refractivity contribution is -0.138. The number of carboxylic acid groups (broad SMARTS) is 1. The Bertz CT molecular complexity index is 186. The number of piperidine rings is 1. The van der Waals surface area contributed by atoms with Crippen molar-refractivity contribution in [3.8, 4) is 0 Å². The molecule has 70 valence electrons. The van der Waals surface area contributed by atoms with Gasteiger partial charge in [0, 0.05) is 12.6 Å². The fourth-order valence-corrected chi connectivity index (χ4v) is 2.39. The van der Waals surface area contributed by atoms with Gasteiger partial charge in [-0.15, -0.1) is 17.0 Å². The molecule has 2 atom stereocenters. The Hall–Kier alpha value is -0.0900. The Kier molecular flexibility index (Phi) is 3.12. The number of fused-ring (bicyclic) bond motifs is 2. The largest absolute Gasteiger partial charge is 0.480 e. The number of hydrogen-bond donors (Lipinski definition) is 1. The Morgan fingerprint density at radius 1 is 1.50 bits per heavy atom. The molecule has 2 fully saturated rings. The van der Waals surface area contributed by atoms with Gasteiger partial charge in [0.2, 0.25) is 0 Å². The molecule has 2 bridgehead atoms. The molecule has 0 aromatic carbocycles. The van der Waals surface area contributed by atoms with Crippen molar-refractivity contribution in [1.82, 2.24) is 4.90 Å². The second-order valence-electron chi connectivity index (χ2n) is 3.66. The molecule has 1 aliphatic heterocycles. The lowest BCUT2D eigenvalue weighted by atomic mass is 10.1. The van der Waals surface area contributed by atoms with Crippen LogP contribution in [0.2, 0.25) is 0 Å². The number of halogens is 1. The van der Waals surface area contributed by atoms with Crippen LogP contribution >= 0.6 is 17.0 Å². The second-order valence-corrected chi connectivity index (χ2v) is 3.66. The predicted molar refractivity (Wildman–Crippen MR) is 50.7 cm³/mol. The summed E-state index contributed by atoms with van der Waals surface area (Å²) >= 11 is 0. The first-order valence-corrected chi connectivity index (χ1v) is 4.21. The van der Waals surface area contributed by atoms with Gasteiger partial charge in [-0.25, -0.2) is 0 Å². The minimum Gasteiger partial charge on any atom is -0.480 e. The summed E-state index contributed by atoms with van der Waals surface area (Å²) in [6.45, 7) is 1.28. The maximum absolute atomic E-state index is 10.4. The van der Waals surface area contributed by atoms with E-state index in [0.29, 0.717) is 6.04 Å². The average Bonchev–Trinajstić information content (AvgIpc) is 2.45. The molecule has 12 heavy (non-hydrogen) atoms. The van der Waals surface area contributed by atoms with E-state index < -0.39 is 5.97 Å². The van der Waals surface area contributed by atoms with Crippen molar-refractivity contribution in [2.45, 2.75) is 25.3 Å². The first kappa shape index (κ1) is 9.99. The Morgan fingerprint density at radius 3 is 2.67 bits per heavy atom. The Balaban J connectivity index is 0.000000720. The summed E-state index contributed by atoms with van der Waals surface area (Å²) in [6.07, 6.45) is 3.78. The van der Waals surface area contributed by atoms with Crippen LogP contribution in [0, 0.1) is 5.92 Å². The molecule has 3 nitrogen and oxygen atoms in total. The maximum Gasteiger partial charge on any atom is 0.317 e. The van der Waals surface area contributed by atoms with Gasteiger partial charge in [-0.2, -0.15) is 0 Å². The van der Waals surface area contributed by atoms with Gasteiger partial charge in [0.25, 0.3) is 0 Å². The summed E-state index contributed by atoms with van der Waals surface area (Å²) in [7, 11) is 0. The standard InChI is InChI=1S/C8H13NO2.BrH/c10-8(11)5-9-4-6-1-2-7(9)3-6;/h6-7H,1-5H2,(H,10,11);1H. The molecular formula is C8H14BrNO2. The van der Waals surface area contributed by atoms with E-state index in [4.69, 9.17) is 5.11 Å². The zero-order valence-electron chi connectivity index (χ0n) is 6.90. The third-order valence-electron chi connectivity index (χ3n) is 2.86. The summed E-state index contributed by atoms with van der Waals surface area (Å²) < 4.78 is 0. The van der Waals surface area contributed by atoms with Crippen LogP contribution in [0.15, 0.2) is 0 Å². The number of nitrogens with zero attached hydrogens (tertiary/aromatic N) is 1. The third kappa shape index (κ3) is 1.80. The fraction of sp³-hybridized carbons (Fsp3) is 0.875. The van der Waals surface area contributed by atoms with E-state index >= 15 is 0 Å². The van der Waals surface area contributed by atoms with Gasteiger partial charge in [-0.05, 0) is 25.2 Å². The van der Waals surface area contributed by atoms with Crippen molar-refractivity contribution in [3.05, 3.63) is 0 Å². The van der Waals surface area contributed by atoms with E-state index in [0.717, 1.165) is 12.5 Å². The van der Waals surface area contributed by atoms with E-state index in [1.54, 1.807) is 0 Å². The molecule has 2 aliphatic rings. The van der Waals surface area contributed by atoms with E-state index in [-0.39, 0.29) is 23.5 Å². The van der Waals surface area contributed by atoms with E-state index in [9.17, 15) is 4.79 Å². The summed E-state index contributed by atoms with van der Waals surface area (Å²) in [5, 5.41) is 8.56. The van der Waals surface area contributed by atoms with E-state index in [2.05, 4.69) is 4.90 Å². The molecule has 4 heteroatoms. The molecular weight excluding hydrogens is 222 g/mol. The van der Waals surface area contributed by atoms with E-state index in [1.807, 2.05) is 0 Å². The predicted octanol–water partition coefficient (Wildman–Crippen LogP) is 1.13. The molecule has 1 heterocycles. The van der Waals surface area contributed by atoms with Gasteiger partial charge in [0.05, 0.1) is 6.54 Å². The van der Waals surface area contributed by atoms with Crippen molar-refractivity contribution in [2.24, 2.45) is 5.92 Å². The highest BCUT2D eigenvalue weighted by Crippen LogP contribution is 2.36. The van der Waals surface area contributed by atoms with Gasteiger partial charge in [-0.3, -0.25) is 9.69 Å². The molecule has 1 saturated carbocycles. The quantitative estimate of drug-likeness (QED) is 0.781. The van der Waals surface area contributed by atoms with Crippen molar-refractivity contribution in [2.75, 3.05) is 13.1 Å². The molecule has 1 aliphatic carbocycles. The highest BCUT2D eigenvalue weighted by molar-refractivity contribution is 8.93. The van der Waals surface area contributed by atoms with Gasteiger partial charge >= 0.3 is 5.97 Å². The zero-order chi connectivity index (χ0) is 7.84. The normalized spacial score (nSPS) is 33.3. The van der Waals surface area contributed by atoms with Gasteiger partial charge in [-0.1, -0.05) is 0 Å². The summed E-state index contributed by atoms with van der Waals surface area (Å²) in [4.78, 5) is 12.5. The fourth-order valence-electron chi connectivity index (χ4n) is 2.39. The van der Waals surface area contributed by atoms with Gasteiger partial charge < -0.3 is 5.11 Å². The monoisotopic (exact) mass is 235 g/mol. The SMILES string of the molecule is Br.O=C(O)CN1CC2CCC1C2. The molecule has 0 aromatic rings. The molecule has 0 amide bonds. The summed E-state index contributed by atoms with van der Waals surface area (Å²) in [5.74, 6) is 0.122. The maximum atomic E-state index is 10.4. The van der Waals surface area contributed by atoms with Gasteiger partial charge in [0.15, 0.2) is 0 Å². The van der Waals surface area contributed by atoms with Crippen LogP contribution in [0.5, 0.6) is 0 Å². The minimum absolute atomic E-state index is 0. The Labute approximate surface area is 82.5 Å². The first-order valence-electron chi connectivity index (χ1n) is 4.21. The molecule has 0 radical (unpaired) electrons. The molecule has 0 spiro atoms. The first-order chi connectivity index (χ1) is 5.25. The van der Waals surface area contributed by atoms with Crippen LogP contribution in [-0.2, 0) is 4.79 Å². The highest BCUT2D eigenvalue weighted by Gasteiger charge is 2.38. The smallest absolute Gasteiger partial charge is 0.317 e. The van der Waals surface area contributed by atoms with Crippen LogP contribution < -0.4 is 0 Å². The summed E-state index contributed by atoms with van der Waals surface area (Å²) in [5.41, 5.74) is 0. The molecule has 1 saturated heterocycles. The third-order valence-corrected chi connectivity index (χ3v) is 2.86. The Morgan fingerprint density at radius 2 is 2.25 bits per heavy atom. The number of carboxylic acids is 1. The van der Waals surface area contributed by atoms with E-state index in [1.165, 1.54) is 19.3 Å². The lowest BCUT2D eigenvalue weighted by Crippen LogP contribution is -2.36. The lowest BCUT2D eigenvalue weighted by Gasteiger charge is -2.24. The van der Waals surface area contributed by atoms with Gasteiger partial charge in [0.1, 0.15) is 0 Å². The topological polar surface area (TPSA) is 40.5 Å². The highest BCUT2D eigenvalue weighted by atomic mass is 79.9. The molecule has 1 N–H and O–H groups in total. The molecule has 0 aromatic heterocycles.